The first-order valence-electron chi connectivity index (χ1n) is 9.33. The van der Waals surface area contributed by atoms with Gasteiger partial charge in [-0.25, -0.2) is 4.98 Å². The van der Waals surface area contributed by atoms with Crippen LogP contribution in [0.3, 0.4) is 0 Å². The summed E-state index contributed by atoms with van der Waals surface area (Å²) >= 11 is 0. The van der Waals surface area contributed by atoms with Crippen LogP contribution in [0.15, 0.2) is 42.7 Å². The number of nitrogens with two attached hydrogens (primary N) is 1. The molecule has 0 bridgehead atoms. The third kappa shape index (κ3) is 3.09. The van der Waals surface area contributed by atoms with E-state index in [1.54, 1.807) is 36.7 Å². The zero-order valence-corrected chi connectivity index (χ0v) is 15.4. The van der Waals surface area contributed by atoms with Crippen molar-refractivity contribution >= 4 is 22.8 Å². The van der Waals surface area contributed by atoms with Crippen LogP contribution in [-0.2, 0) is 16.6 Å². The van der Waals surface area contributed by atoms with Crippen molar-refractivity contribution in [2.75, 3.05) is 6.54 Å². The van der Waals surface area contributed by atoms with E-state index in [-0.39, 0.29) is 11.7 Å². The van der Waals surface area contributed by atoms with Crippen molar-refractivity contribution in [1.82, 2.24) is 15.3 Å². The average Bonchev–Trinajstić information content (AvgIpc) is 3.15. The molecule has 7 heteroatoms. The van der Waals surface area contributed by atoms with E-state index in [1.807, 2.05) is 6.07 Å². The normalized spacial score (nSPS) is 18.6. The first kappa shape index (κ1) is 18.0. The third-order valence-corrected chi connectivity index (χ3v) is 5.65. The van der Waals surface area contributed by atoms with Gasteiger partial charge in [0.05, 0.1) is 22.8 Å². The number of nitrogens with zero attached hydrogens (tertiary/aromatic N) is 1. The number of aromatic hydroxyl groups is 1. The summed E-state index contributed by atoms with van der Waals surface area (Å²) in [5.74, 6) is -0.529. The number of amides is 2. The van der Waals surface area contributed by atoms with Crippen LogP contribution in [0.25, 0.3) is 11.0 Å². The van der Waals surface area contributed by atoms with Crippen molar-refractivity contribution in [3.63, 3.8) is 0 Å². The fourth-order valence-corrected chi connectivity index (χ4v) is 4.15. The quantitative estimate of drug-likeness (QED) is 0.543. The monoisotopic (exact) mass is 378 g/mol. The van der Waals surface area contributed by atoms with E-state index in [0.717, 1.165) is 35.0 Å². The largest absolute Gasteiger partial charge is 0.508 e. The van der Waals surface area contributed by atoms with Gasteiger partial charge >= 0.3 is 0 Å². The molecule has 1 aromatic heterocycles. The van der Waals surface area contributed by atoms with Crippen molar-refractivity contribution < 1.29 is 14.7 Å². The molecule has 4 rings (SSSR count). The third-order valence-electron chi connectivity index (χ3n) is 5.65. The van der Waals surface area contributed by atoms with E-state index in [1.165, 1.54) is 0 Å². The number of H-pyrrole nitrogens is 1. The molecule has 1 unspecified atom stereocenters. The SMILES string of the molecule is NC(=O)C1(CCNC(=O)c2ccc3nc[nH]c3c2)CCCc2ccc(O)cc21. The number of hydrogen-bond donors (Lipinski definition) is 4. The van der Waals surface area contributed by atoms with Crippen molar-refractivity contribution in [3.05, 3.63) is 59.4 Å². The smallest absolute Gasteiger partial charge is 0.251 e. The molecule has 1 atom stereocenters. The van der Waals surface area contributed by atoms with Gasteiger partial charge in [0.2, 0.25) is 5.91 Å². The lowest BCUT2D eigenvalue weighted by molar-refractivity contribution is -0.124. The number of carbonyl (C=O) groups is 2. The second-order valence-electron chi connectivity index (χ2n) is 7.28. The molecule has 5 N–H and O–H groups in total. The Morgan fingerprint density at radius 3 is 2.93 bits per heavy atom. The lowest BCUT2D eigenvalue weighted by atomic mass is 9.67. The molecule has 0 saturated carbocycles. The van der Waals surface area contributed by atoms with E-state index in [0.29, 0.717) is 24.9 Å². The van der Waals surface area contributed by atoms with E-state index >= 15 is 0 Å². The van der Waals surface area contributed by atoms with E-state index < -0.39 is 11.3 Å². The number of phenolic OH excluding ortho intramolecular Hbond substituents is 1. The van der Waals surface area contributed by atoms with Crippen LogP contribution in [0.2, 0.25) is 0 Å². The minimum Gasteiger partial charge on any atom is -0.508 e. The Bertz CT molecular complexity index is 1060. The highest BCUT2D eigenvalue weighted by atomic mass is 16.3. The zero-order chi connectivity index (χ0) is 19.7. The topological polar surface area (TPSA) is 121 Å². The van der Waals surface area contributed by atoms with Crippen molar-refractivity contribution in [2.45, 2.75) is 31.1 Å². The molecule has 2 aromatic carbocycles. The Hall–Kier alpha value is -3.35. The predicted molar refractivity (Wildman–Crippen MR) is 105 cm³/mol. The molecule has 0 aliphatic heterocycles. The van der Waals surface area contributed by atoms with E-state index in [4.69, 9.17) is 5.73 Å². The number of benzene rings is 2. The summed E-state index contributed by atoms with van der Waals surface area (Å²) in [5, 5.41) is 12.8. The number of primary amides is 1. The molecule has 0 saturated heterocycles. The summed E-state index contributed by atoms with van der Waals surface area (Å²) in [6.45, 7) is 0.303. The number of nitrogens with one attached hydrogen (secondary N) is 2. The van der Waals surface area contributed by atoms with E-state index in [9.17, 15) is 14.7 Å². The molecule has 7 nitrogen and oxygen atoms in total. The zero-order valence-electron chi connectivity index (χ0n) is 15.4. The highest BCUT2D eigenvalue weighted by molar-refractivity contribution is 5.97. The second kappa shape index (κ2) is 6.99. The molecule has 1 aliphatic carbocycles. The molecular weight excluding hydrogens is 356 g/mol. The summed E-state index contributed by atoms with van der Waals surface area (Å²) in [5.41, 5.74) is 8.83. The van der Waals surface area contributed by atoms with Crippen molar-refractivity contribution in [2.24, 2.45) is 5.73 Å². The molecule has 1 heterocycles. The van der Waals surface area contributed by atoms with Crippen LogP contribution in [0.5, 0.6) is 5.75 Å². The molecular formula is C21H22N4O3. The first-order chi connectivity index (χ1) is 13.5. The number of phenols is 1. The fourth-order valence-electron chi connectivity index (χ4n) is 4.15. The molecule has 144 valence electrons. The lowest BCUT2D eigenvalue weighted by Gasteiger charge is -2.36. The fraction of sp³-hybridized carbons (Fsp3) is 0.286. The van der Waals surface area contributed by atoms with Crippen molar-refractivity contribution in [3.8, 4) is 5.75 Å². The number of carbonyl (C=O) groups excluding carboxylic acids is 2. The molecule has 28 heavy (non-hydrogen) atoms. The maximum Gasteiger partial charge on any atom is 0.251 e. The number of aromatic nitrogens is 2. The Labute approximate surface area is 162 Å². The van der Waals surface area contributed by atoms with Crippen LogP contribution >= 0.6 is 0 Å². The molecule has 1 aliphatic rings. The Balaban J connectivity index is 1.52. The number of hydrogen-bond acceptors (Lipinski definition) is 4. The molecule has 0 spiro atoms. The average molecular weight is 378 g/mol. The summed E-state index contributed by atoms with van der Waals surface area (Å²) < 4.78 is 0. The molecule has 0 radical (unpaired) electrons. The van der Waals surface area contributed by atoms with Crippen LogP contribution in [0.1, 0.15) is 40.7 Å². The second-order valence-corrected chi connectivity index (χ2v) is 7.28. The maximum atomic E-state index is 12.5. The number of aryl methyl sites for hydroxylation is 1. The standard InChI is InChI=1S/C21H22N4O3/c22-20(28)21(7-1-2-13-3-5-15(26)11-16(13)21)8-9-23-19(27)14-4-6-17-18(10-14)25-12-24-17/h3-6,10-12,26H,1-2,7-9H2,(H2,22,28)(H,23,27)(H,24,25). The summed E-state index contributed by atoms with van der Waals surface area (Å²) in [4.78, 5) is 32.1. The summed E-state index contributed by atoms with van der Waals surface area (Å²) in [7, 11) is 0. The van der Waals surface area contributed by atoms with Crippen LogP contribution in [0.4, 0.5) is 0 Å². The number of imidazole rings is 1. The van der Waals surface area contributed by atoms with Crippen LogP contribution < -0.4 is 11.1 Å². The number of aromatic amines is 1. The number of rotatable bonds is 5. The van der Waals surface area contributed by atoms with Gasteiger partial charge in [-0.2, -0.15) is 0 Å². The van der Waals surface area contributed by atoms with Gasteiger partial charge in [-0.15, -0.1) is 0 Å². The molecule has 2 amide bonds. The van der Waals surface area contributed by atoms with Crippen LogP contribution in [-0.4, -0.2) is 33.4 Å². The van der Waals surface area contributed by atoms with Gasteiger partial charge in [-0.1, -0.05) is 6.07 Å². The van der Waals surface area contributed by atoms with Gasteiger partial charge in [0.25, 0.3) is 5.91 Å². The first-order valence-corrected chi connectivity index (χ1v) is 9.33. The lowest BCUT2D eigenvalue weighted by Crippen LogP contribution is -2.46. The minimum absolute atomic E-state index is 0.114. The minimum atomic E-state index is -0.882. The van der Waals surface area contributed by atoms with Gasteiger partial charge in [0, 0.05) is 12.1 Å². The van der Waals surface area contributed by atoms with Gasteiger partial charge in [-0.05, 0) is 67.1 Å². The molecule has 0 fully saturated rings. The Kier molecular flexibility index (Phi) is 4.50. The predicted octanol–water partition coefficient (Wildman–Crippen LogP) is 2.15. The maximum absolute atomic E-state index is 12.5. The van der Waals surface area contributed by atoms with Gasteiger partial charge < -0.3 is 21.1 Å². The highest BCUT2D eigenvalue weighted by Crippen LogP contribution is 2.41. The highest BCUT2D eigenvalue weighted by Gasteiger charge is 2.41. The summed E-state index contributed by atoms with van der Waals surface area (Å²) in [6, 6.07) is 10.4. The number of fused-ring (bicyclic) bond motifs is 2. The summed E-state index contributed by atoms with van der Waals surface area (Å²) in [6.07, 6.45) is 4.26. The van der Waals surface area contributed by atoms with Gasteiger partial charge in [0.15, 0.2) is 0 Å². The van der Waals surface area contributed by atoms with E-state index in [2.05, 4.69) is 15.3 Å². The Morgan fingerprint density at radius 2 is 2.11 bits per heavy atom. The van der Waals surface area contributed by atoms with Crippen LogP contribution in [0, 0.1) is 0 Å². The Morgan fingerprint density at radius 1 is 1.25 bits per heavy atom. The molecule has 3 aromatic rings. The van der Waals surface area contributed by atoms with Gasteiger partial charge in [0.1, 0.15) is 5.75 Å². The van der Waals surface area contributed by atoms with Crippen molar-refractivity contribution in [1.29, 1.82) is 0 Å². The van der Waals surface area contributed by atoms with Gasteiger partial charge in [-0.3, -0.25) is 9.59 Å².